The molecule has 33 heavy (non-hydrogen) atoms. The van der Waals surface area contributed by atoms with E-state index in [1.807, 2.05) is 13.8 Å². The van der Waals surface area contributed by atoms with Crippen molar-refractivity contribution in [2.24, 2.45) is 0 Å². The third kappa shape index (κ3) is 4.49. The van der Waals surface area contributed by atoms with E-state index in [1.54, 1.807) is 6.92 Å². The molecule has 2 N–H and O–H groups in total. The van der Waals surface area contributed by atoms with Crippen molar-refractivity contribution in [2.75, 3.05) is 19.8 Å². The van der Waals surface area contributed by atoms with Crippen molar-refractivity contribution in [3.05, 3.63) is 29.3 Å². The van der Waals surface area contributed by atoms with Crippen LogP contribution >= 0.6 is 11.6 Å². The van der Waals surface area contributed by atoms with Crippen LogP contribution in [0.4, 0.5) is 4.79 Å². The molecule has 4 rings (SSSR count). The van der Waals surface area contributed by atoms with Crippen LogP contribution in [0.3, 0.4) is 0 Å². The monoisotopic (exact) mass is 502 g/mol. The fourth-order valence-corrected chi connectivity index (χ4v) is 6.81. The Balaban J connectivity index is 1.65. The highest BCUT2D eigenvalue weighted by molar-refractivity contribution is 7.89. The average molecular weight is 503 g/mol. The van der Waals surface area contributed by atoms with E-state index in [0.29, 0.717) is 17.9 Å². The van der Waals surface area contributed by atoms with Crippen molar-refractivity contribution in [3.8, 4) is 0 Å². The number of morpholine rings is 1. The highest BCUT2D eigenvalue weighted by Crippen LogP contribution is 2.50. The van der Waals surface area contributed by atoms with Crippen molar-refractivity contribution in [2.45, 2.75) is 80.4 Å². The first-order valence-electron chi connectivity index (χ1n) is 11.1. The van der Waals surface area contributed by atoms with Gasteiger partial charge in [-0.2, -0.15) is 4.31 Å². The molecular formula is C22H31ClN2O7S. The second-order valence-electron chi connectivity index (χ2n) is 9.71. The van der Waals surface area contributed by atoms with Gasteiger partial charge in [0.25, 0.3) is 0 Å². The number of rotatable bonds is 5. The molecule has 11 heteroatoms. The zero-order valence-electron chi connectivity index (χ0n) is 19.0. The Morgan fingerprint density at radius 3 is 2.48 bits per heavy atom. The second-order valence-corrected chi connectivity index (χ2v) is 12.0. The molecule has 184 valence electrons. The van der Waals surface area contributed by atoms with Gasteiger partial charge in [-0.3, -0.25) is 0 Å². The van der Waals surface area contributed by atoms with Crippen LogP contribution in [0.5, 0.6) is 0 Å². The maximum absolute atomic E-state index is 13.8. The minimum atomic E-state index is -3.96. The molecule has 1 aromatic carbocycles. The zero-order chi connectivity index (χ0) is 24.2. The number of benzene rings is 1. The lowest BCUT2D eigenvalue weighted by atomic mass is 9.94. The lowest BCUT2D eigenvalue weighted by Crippen LogP contribution is -2.66. The lowest BCUT2D eigenvalue weighted by molar-refractivity contribution is -0.148. The summed E-state index contributed by atoms with van der Waals surface area (Å²) in [7, 11) is -3.96. The summed E-state index contributed by atoms with van der Waals surface area (Å²) in [6.45, 7) is 5.31. The molecule has 4 atom stereocenters. The molecular weight excluding hydrogens is 472 g/mol. The third-order valence-corrected chi connectivity index (χ3v) is 9.42. The number of β-amino-alcohol motifs (C(OH)–C–C–N with tert-alkyl or cyclic N) is 1. The van der Waals surface area contributed by atoms with Crippen LogP contribution in [-0.4, -0.2) is 89.1 Å². The summed E-state index contributed by atoms with van der Waals surface area (Å²) in [4.78, 5) is 14.4. The first kappa shape index (κ1) is 24.7. The molecule has 2 heterocycles. The van der Waals surface area contributed by atoms with Gasteiger partial charge in [-0.05, 0) is 64.3 Å². The van der Waals surface area contributed by atoms with Crippen LogP contribution in [-0.2, 0) is 19.5 Å². The third-order valence-electron chi connectivity index (χ3n) is 7.18. The first-order valence-corrected chi connectivity index (χ1v) is 12.9. The van der Waals surface area contributed by atoms with Crippen molar-refractivity contribution < 1.29 is 32.9 Å². The van der Waals surface area contributed by atoms with Crippen LogP contribution in [0.1, 0.15) is 40.0 Å². The number of aliphatic hydroxyl groups excluding tert-OH is 2. The molecule has 9 nitrogen and oxygen atoms in total. The molecule has 0 radical (unpaired) electrons. The predicted molar refractivity (Wildman–Crippen MR) is 120 cm³/mol. The Morgan fingerprint density at radius 2 is 1.91 bits per heavy atom. The maximum Gasteiger partial charge on any atom is 0.410 e. The SMILES string of the molecule is C[C@H]1N(S(=O)(=O)c2ccc(Cl)cc2)[C@@H](C2(OC(=O)N3C[C@H](O)C[C@H]3CO)CC2)COC1(C)C. The Kier molecular flexibility index (Phi) is 6.48. The fourth-order valence-electron chi connectivity index (χ4n) is 4.70. The molecule has 0 spiro atoms. The Labute approximate surface area is 199 Å². The number of halogens is 1. The number of ether oxygens (including phenoxy) is 2. The number of carbonyl (C=O) groups is 1. The van der Waals surface area contributed by atoms with E-state index < -0.39 is 51.5 Å². The summed E-state index contributed by atoms with van der Waals surface area (Å²) in [5.74, 6) is 0. The highest BCUT2D eigenvalue weighted by atomic mass is 35.5. The van der Waals surface area contributed by atoms with E-state index in [1.165, 1.54) is 33.5 Å². The standard InChI is InChI=1S/C22H31ClN2O7S/c1-14-21(2,3)31-13-19(25(14)33(29,30)18-6-4-15(23)5-7-18)22(8-9-22)32-20(28)24-11-17(27)10-16(24)12-26/h4-7,14,16-17,19,26-27H,8-13H2,1-3H3/t14-,16+,17-,19-/m1/s1. The van der Waals surface area contributed by atoms with E-state index in [-0.39, 0.29) is 31.1 Å². The Hall–Kier alpha value is -1.43. The second kappa shape index (κ2) is 8.66. The van der Waals surface area contributed by atoms with Gasteiger partial charge in [-0.25, -0.2) is 13.2 Å². The van der Waals surface area contributed by atoms with Gasteiger partial charge in [-0.1, -0.05) is 11.6 Å². The van der Waals surface area contributed by atoms with Gasteiger partial charge in [-0.15, -0.1) is 0 Å². The molecule has 1 amide bonds. The number of carbonyl (C=O) groups excluding carboxylic acids is 1. The van der Waals surface area contributed by atoms with E-state index in [9.17, 15) is 23.4 Å². The molecule has 2 aliphatic heterocycles. The van der Waals surface area contributed by atoms with E-state index in [2.05, 4.69) is 0 Å². The van der Waals surface area contributed by atoms with E-state index in [0.717, 1.165) is 0 Å². The number of sulfonamides is 1. The number of nitrogens with zero attached hydrogens (tertiary/aromatic N) is 2. The predicted octanol–water partition coefficient (Wildman–Crippen LogP) is 1.99. The van der Waals surface area contributed by atoms with Crippen molar-refractivity contribution in [1.82, 2.24) is 9.21 Å². The minimum Gasteiger partial charge on any atom is -0.441 e. The summed E-state index contributed by atoms with van der Waals surface area (Å²) < 4.78 is 40.9. The molecule has 0 unspecified atom stereocenters. The van der Waals surface area contributed by atoms with Gasteiger partial charge in [0.05, 0.1) is 54.5 Å². The van der Waals surface area contributed by atoms with Gasteiger partial charge in [0.2, 0.25) is 10.0 Å². The van der Waals surface area contributed by atoms with E-state index >= 15 is 0 Å². The van der Waals surface area contributed by atoms with Crippen molar-refractivity contribution in [3.63, 3.8) is 0 Å². The van der Waals surface area contributed by atoms with E-state index in [4.69, 9.17) is 21.1 Å². The van der Waals surface area contributed by atoms with Crippen LogP contribution in [0, 0.1) is 0 Å². The summed E-state index contributed by atoms with van der Waals surface area (Å²) >= 11 is 5.96. The first-order chi connectivity index (χ1) is 15.4. The highest BCUT2D eigenvalue weighted by Gasteiger charge is 2.62. The van der Waals surface area contributed by atoms with Gasteiger partial charge in [0.15, 0.2) is 0 Å². The van der Waals surface area contributed by atoms with Crippen LogP contribution in [0.25, 0.3) is 0 Å². The maximum atomic E-state index is 13.8. The van der Waals surface area contributed by atoms with Gasteiger partial charge >= 0.3 is 6.09 Å². The largest absolute Gasteiger partial charge is 0.441 e. The van der Waals surface area contributed by atoms with Crippen LogP contribution in [0.15, 0.2) is 29.2 Å². The Morgan fingerprint density at radius 1 is 1.27 bits per heavy atom. The van der Waals surface area contributed by atoms with Crippen molar-refractivity contribution >= 4 is 27.7 Å². The van der Waals surface area contributed by atoms with Crippen molar-refractivity contribution in [1.29, 1.82) is 0 Å². The number of likely N-dealkylation sites (tertiary alicyclic amines) is 1. The molecule has 1 saturated carbocycles. The normalized spacial score (nSPS) is 31.4. The van der Waals surface area contributed by atoms with Gasteiger partial charge in [0, 0.05) is 5.02 Å². The topological polar surface area (TPSA) is 117 Å². The smallest absolute Gasteiger partial charge is 0.410 e. The van der Waals surface area contributed by atoms with Crippen LogP contribution < -0.4 is 0 Å². The molecule has 0 aromatic heterocycles. The molecule has 0 bridgehead atoms. The summed E-state index contributed by atoms with van der Waals surface area (Å²) in [6.07, 6.45) is -0.137. The zero-order valence-corrected chi connectivity index (χ0v) is 20.6. The lowest BCUT2D eigenvalue weighted by Gasteiger charge is -2.50. The fraction of sp³-hybridized carbons (Fsp3) is 0.682. The van der Waals surface area contributed by atoms with Crippen LogP contribution in [0.2, 0.25) is 5.02 Å². The minimum absolute atomic E-state index is 0.0670. The summed E-state index contributed by atoms with van der Waals surface area (Å²) in [5.41, 5.74) is -1.79. The number of aliphatic hydroxyl groups is 2. The molecule has 3 aliphatic rings. The molecule has 1 aromatic rings. The Bertz CT molecular complexity index is 997. The molecule has 2 saturated heterocycles. The number of amides is 1. The van der Waals surface area contributed by atoms with Gasteiger partial charge in [0.1, 0.15) is 5.60 Å². The average Bonchev–Trinajstić information content (AvgIpc) is 3.42. The quantitative estimate of drug-likeness (QED) is 0.632. The summed E-state index contributed by atoms with van der Waals surface area (Å²) in [6, 6.07) is 4.20. The number of hydrogen-bond acceptors (Lipinski definition) is 7. The molecule has 3 fully saturated rings. The van der Waals surface area contributed by atoms with Gasteiger partial charge < -0.3 is 24.6 Å². The summed E-state index contributed by atoms with van der Waals surface area (Å²) in [5, 5.41) is 19.9. The molecule has 1 aliphatic carbocycles. The number of hydrogen-bond donors (Lipinski definition) is 2.